The van der Waals surface area contributed by atoms with Gasteiger partial charge < -0.3 is 20.1 Å². The van der Waals surface area contributed by atoms with E-state index in [-0.39, 0.29) is 6.42 Å². The van der Waals surface area contributed by atoms with Gasteiger partial charge in [0.05, 0.1) is 24.6 Å². The second-order valence-corrected chi connectivity index (χ2v) is 5.13. The highest BCUT2D eigenvalue weighted by atomic mass is 16.5. The van der Waals surface area contributed by atoms with Crippen LogP contribution in [-0.4, -0.2) is 25.0 Å². The van der Waals surface area contributed by atoms with Crippen LogP contribution in [0.1, 0.15) is 20.3 Å². The first-order chi connectivity index (χ1) is 12.1. The van der Waals surface area contributed by atoms with Crippen LogP contribution < -0.4 is 20.1 Å². The molecule has 0 aromatic heterocycles. The third-order valence-corrected chi connectivity index (χ3v) is 3.24. The Morgan fingerprint density at radius 1 is 0.760 bits per heavy atom. The number of anilines is 2. The van der Waals surface area contributed by atoms with Gasteiger partial charge in [-0.1, -0.05) is 24.3 Å². The SMILES string of the molecule is CCOc1ccccc1NC(=O)CC(=O)Nc1ccccc1OCC. The van der Waals surface area contributed by atoms with Crippen LogP contribution in [0.4, 0.5) is 11.4 Å². The molecule has 0 aliphatic heterocycles. The molecule has 0 bridgehead atoms. The van der Waals surface area contributed by atoms with Gasteiger partial charge in [0.1, 0.15) is 17.9 Å². The van der Waals surface area contributed by atoms with Crippen LogP contribution in [0.2, 0.25) is 0 Å². The van der Waals surface area contributed by atoms with Crippen LogP contribution in [0.5, 0.6) is 11.5 Å². The molecular formula is C19H22N2O4. The monoisotopic (exact) mass is 342 g/mol. The van der Waals surface area contributed by atoms with Crippen molar-refractivity contribution in [2.75, 3.05) is 23.8 Å². The summed E-state index contributed by atoms with van der Waals surface area (Å²) in [4.78, 5) is 24.2. The van der Waals surface area contributed by atoms with E-state index in [1.54, 1.807) is 36.4 Å². The van der Waals surface area contributed by atoms with Gasteiger partial charge in [0.2, 0.25) is 11.8 Å². The number of carbonyl (C=O) groups is 2. The molecule has 0 heterocycles. The molecule has 0 saturated heterocycles. The summed E-state index contributed by atoms with van der Waals surface area (Å²) in [5.74, 6) is 0.304. The third kappa shape index (κ3) is 5.53. The summed E-state index contributed by atoms with van der Waals surface area (Å²) < 4.78 is 10.9. The number of amides is 2. The Bertz CT molecular complexity index is 669. The standard InChI is InChI=1S/C19H22N2O4/c1-3-24-16-11-7-5-9-14(16)20-18(22)13-19(23)21-15-10-6-8-12-17(15)25-4-2/h5-12H,3-4,13H2,1-2H3,(H,20,22)(H,21,23). The summed E-state index contributed by atoms with van der Waals surface area (Å²) in [6.45, 7) is 4.70. The van der Waals surface area contributed by atoms with Crippen molar-refractivity contribution >= 4 is 23.2 Å². The maximum atomic E-state index is 12.1. The van der Waals surface area contributed by atoms with Crippen molar-refractivity contribution in [2.24, 2.45) is 0 Å². The van der Waals surface area contributed by atoms with E-state index in [1.165, 1.54) is 0 Å². The average molecular weight is 342 g/mol. The molecular weight excluding hydrogens is 320 g/mol. The van der Waals surface area contributed by atoms with Crippen LogP contribution in [0.25, 0.3) is 0 Å². The number of para-hydroxylation sites is 4. The molecule has 0 atom stereocenters. The van der Waals surface area contributed by atoms with E-state index in [0.29, 0.717) is 36.1 Å². The minimum absolute atomic E-state index is 0.305. The van der Waals surface area contributed by atoms with Crippen LogP contribution in [0.3, 0.4) is 0 Å². The van der Waals surface area contributed by atoms with Gasteiger partial charge in [0.25, 0.3) is 0 Å². The van der Waals surface area contributed by atoms with Gasteiger partial charge in [-0.2, -0.15) is 0 Å². The minimum Gasteiger partial charge on any atom is -0.492 e. The number of hydrogen-bond acceptors (Lipinski definition) is 4. The molecule has 0 spiro atoms. The first-order valence-corrected chi connectivity index (χ1v) is 8.17. The van der Waals surface area contributed by atoms with Crippen LogP contribution in [0, 0.1) is 0 Å². The molecule has 2 aromatic rings. The van der Waals surface area contributed by atoms with E-state index >= 15 is 0 Å². The zero-order valence-electron chi connectivity index (χ0n) is 14.4. The minimum atomic E-state index is -0.418. The number of rotatable bonds is 8. The third-order valence-electron chi connectivity index (χ3n) is 3.24. The molecule has 2 aromatic carbocycles. The van der Waals surface area contributed by atoms with E-state index in [9.17, 15) is 9.59 Å². The molecule has 6 nitrogen and oxygen atoms in total. The number of carbonyl (C=O) groups excluding carboxylic acids is 2. The maximum Gasteiger partial charge on any atom is 0.233 e. The van der Waals surface area contributed by atoms with Crippen molar-refractivity contribution in [3.8, 4) is 11.5 Å². The van der Waals surface area contributed by atoms with E-state index in [4.69, 9.17) is 9.47 Å². The molecule has 0 radical (unpaired) electrons. The van der Waals surface area contributed by atoms with Gasteiger partial charge in [-0.3, -0.25) is 9.59 Å². The van der Waals surface area contributed by atoms with Gasteiger partial charge in [-0.05, 0) is 38.1 Å². The van der Waals surface area contributed by atoms with Gasteiger partial charge >= 0.3 is 0 Å². The smallest absolute Gasteiger partial charge is 0.233 e. The fourth-order valence-corrected chi connectivity index (χ4v) is 2.24. The molecule has 6 heteroatoms. The first-order valence-electron chi connectivity index (χ1n) is 8.17. The second-order valence-electron chi connectivity index (χ2n) is 5.13. The molecule has 132 valence electrons. The van der Waals surface area contributed by atoms with Crippen molar-refractivity contribution < 1.29 is 19.1 Å². The summed E-state index contributed by atoms with van der Waals surface area (Å²) in [5, 5.41) is 5.39. The summed E-state index contributed by atoms with van der Waals surface area (Å²) in [6, 6.07) is 14.2. The van der Waals surface area contributed by atoms with Crippen molar-refractivity contribution in [1.82, 2.24) is 0 Å². The zero-order chi connectivity index (χ0) is 18.1. The van der Waals surface area contributed by atoms with Gasteiger partial charge in [0, 0.05) is 0 Å². The van der Waals surface area contributed by atoms with Gasteiger partial charge in [-0.15, -0.1) is 0 Å². The predicted octanol–water partition coefficient (Wildman–Crippen LogP) is 3.45. The molecule has 0 fully saturated rings. The largest absolute Gasteiger partial charge is 0.492 e. The molecule has 0 aliphatic carbocycles. The molecule has 25 heavy (non-hydrogen) atoms. The van der Waals surface area contributed by atoms with E-state index in [0.717, 1.165) is 0 Å². The second kappa shape index (κ2) is 9.32. The fourth-order valence-electron chi connectivity index (χ4n) is 2.24. The molecule has 0 saturated carbocycles. The van der Waals surface area contributed by atoms with Crippen molar-refractivity contribution in [1.29, 1.82) is 0 Å². The lowest BCUT2D eigenvalue weighted by atomic mass is 10.2. The van der Waals surface area contributed by atoms with Gasteiger partial charge in [0.15, 0.2) is 0 Å². The highest BCUT2D eigenvalue weighted by Crippen LogP contribution is 2.25. The normalized spacial score (nSPS) is 10.0. The Morgan fingerprint density at radius 3 is 1.56 bits per heavy atom. The Labute approximate surface area is 147 Å². The Kier molecular flexibility index (Phi) is 6.83. The lowest BCUT2D eigenvalue weighted by molar-refractivity contribution is -0.123. The van der Waals surface area contributed by atoms with Crippen molar-refractivity contribution in [2.45, 2.75) is 20.3 Å². The highest BCUT2D eigenvalue weighted by molar-refractivity contribution is 6.08. The van der Waals surface area contributed by atoms with Crippen LogP contribution in [0.15, 0.2) is 48.5 Å². The Balaban J connectivity index is 1.96. The van der Waals surface area contributed by atoms with Crippen molar-refractivity contribution in [3.05, 3.63) is 48.5 Å². The Morgan fingerprint density at radius 2 is 1.16 bits per heavy atom. The van der Waals surface area contributed by atoms with E-state index < -0.39 is 11.8 Å². The highest BCUT2D eigenvalue weighted by Gasteiger charge is 2.13. The molecule has 2 N–H and O–H groups in total. The van der Waals surface area contributed by atoms with Crippen molar-refractivity contribution in [3.63, 3.8) is 0 Å². The molecule has 0 aliphatic rings. The molecule has 2 rings (SSSR count). The molecule has 2 amide bonds. The number of nitrogens with one attached hydrogen (secondary N) is 2. The maximum absolute atomic E-state index is 12.1. The number of benzene rings is 2. The summed E-state index contributed by atoms with van der Waals surface area (Å²) in [7, 11) is 0. The lowest BCUT2D eigenvalue weighted by Crippen LogP contribution is -2.22. The summed E-state index contributed by atoms with van der Waals surface area (Å²) >= 11 is 0. The first kappa shape index (κ1) is 18.3. The summed E-state index contributed by atoms with van der Waals surface area (Å²) in [5.41, 5.74) is 1.08. The van der Waals surface area contributed by atoms with Crippen LogP contribution in [-0.2, 0) is 9.59 Å². The van der Waals surface area contributed by atoms with E-state index in [2.05, 4.69) is 10.6 Å². The lowest BCUT2D eigenvalue weighted by Gasteiger charge is -2.12. The van der Waals surface area contributed by atoms with E-state index in [1.807, 2.05) is 26.0 Å². The quantitative estimate of drug-likeness (QED) is 0.721. The number of hydrogen-bond donors (Lipinski definition) is 2. The van der Waals surface area contributed by atoms with Crippen LogP contribution >= 0.6 is 0 Å². The average Bonchev–Trinajstić information content (AvgIpc) is 2.58. The zero-order valence-corrected chi connectivity index (χ0v) is 14.4. The molecule has 0 unspecified atom stereocenters. The summed E-state index contributed by atoms with van der Waals surface area (Å²) in [6.07, 6.45) is -0.305. The Hall–Kier alpha value is -3.02. The topological polar surface area (TPSA) is 76.7 Å². The number of ether oxygens (including phenoxy) is 2. The van der Waals surface area contributed by atoms with Gasteiger partial charge in [-0.25, -0.2) is 0 Å². The predicted molar refractivity (Wildman–Crippen MR) is 97.1 cm³/mol. The fraction of sp³-hybridized carbons (Fsp3) is 0.263.